The summed E-state index contributed by atoms with van der Waals surface area (Å²) in [5.41, 5.74) is -2.14. The van der Waals surface area contributed by atoms with Crippen LogP contribution in [-0.4, -0.2) is 56.5 Å². The quantitative estimate of drug-likeness (QED) is 0.279. The molecule has 0 radical (unpaired) electrons. The number of nitrogens with zero attached hydrogens (tertiary/aromatic N) is 3. The highest BCUT2D eigenvalue weighted by Crippen LogP contribution is 2.56. The number of benzene rings is 2. The third-order valence-electron chi connectivity index (χ3n) is 8.86. The second-order valence-electron chi connectivity index (χ2n) is 11.9. The lowest BCUT2D eigenvalue weighted by Gasteiger charge is -2.47. The maximum atomic E-state index is 12.1. The molecule has 2 aliphatic rings. The van der Waals surface area contributed by atoms with E-state index in [4.69, 9.17) is 20.8 Å². The van der Waals surface area contributed by atoms with E-state index in [-0.39, 0.29) is 5.04 Å². The molecule has 204 valence electrons. The fraction of sp³-hybridized carbons (Fsp3) is 0.400. The zero-order valence-electron chi connectivity index (χ0n) is 22.6. The molecule has 9 heteroatoms. The molecule has 2 fully saturated rings. The number of ether oxygens (including phenoxy) is 1. The first kappa shape index (κ1) is 26.6. The topological polar surface area (TPSA) is 89.6 Å². The van der Waals surface area contributed by atoms with Gasteiger partial charge in [-0.2, -0.15) is 0 Å². The molecule has 4 aromatic rings. The first-order chi connectivity index (χ1) is 18.5. The third-order valence-corrected chi connectivity index (χ3v) is 14.2. The van der Waals surface area contributed by atoms with Crippen molar-refractivity contribution in [3.63, 3.8) is 0 Å². The molecule has 1 aliphatic heterocycles. The van der Waals surface area contributed by atoms with Gasteiger partial charge in [-0.05, 0) is 41.2 Å². The summed E-state index contributed by atoms with van der Waals surface area (Å²) >= 11 is 6.29. The van der Waals surface area contributed by atoms with Crippen LogP contribution in [0.3, 0.4) is 0 Å². The van der Waals surface area contributed by atoms with Gasteiger partial charge < -0.3 is 23.9 Å². The Morgan fingerprint density at radius 2 is 1.64 bits per heavy atom. The highest BCUT2D eigenvalue weighted by atomic mass is 35.5. The molecular formula is C30H34ClN3O4Si. The molecule has 2 aromatic heterocycles. The number of rotatable bonds is 5. The van der Waals surface area contributed by atoms with E-state index < -0.39 is 38.0 Å². The van der Waals surface area contributed by atoms with Crippen molar-refractivity contribution in [3.8, 4) is 0 Å². The molecule has 7 nitrogen and oxygen atoms in total. The van der Waals surface area contributed by atoms with E-state index in [1.165, 1.54) is 6.33 Å². The van der Waals surface area contributed by atoms with Gasteiger partial charge in [-0.1, -0.05) is 93.0 Å². The van der Waals surface area contributed by atoms with Gasteiger partial charge in [0.2, 0.25) is 0 Å². The Kier molecular flexibility index (Phi) is 6.30. The van der Waals surface area contributed by atoms with E-state index in [1.54, 1.807) is 16.8 Å². The smallest absolute Gasteiger partial charge is 0.261 e. The SMILES string of the molecule is CC(C)(C)[Si](O[C@H]1CC[C@]2(O)[C@@H](O)[C@H](n3ccc4c(Cl)ncnc43)O[C@]12C)(c1ccccc1)c1ccccc1. The number of hydrogen-bond donors (Lipinski definition) is 2. The largest absolute Gasteiger partial charge is 0.401 e. The summed E-state index contributed by atoms with van der Waals surface area (Å²) in [5.74, 6) is 0. The number of hydrogen-bond acceptors (Lipinski definition) is 6. The van der Waals surface area contributed by atoms with Crippen LogP contribution in [0.2, 0.25) is 10.2 Å². The van der Waals surface area contributed by atoms with Crippen molar-refractivity contribution in [2.24, 2.45) is 0 Å². The highest BCUT2D eigenvalue weighted by molar-refractivity contribution is 6.99. The number of aliphatic hydroxyl groups excluding tert-OH is 1. The molecule has 1 saturated heterocycles. The Hall–Kier alpha value is -2.59. The van der Waals surface area contributed by atoms with E-state index in [2.05, 4.69) is 79.3 Å². The minimum atomic E-state index is -2.93. The first-order valence-corrected chi connectivity index (χ1v) is 15.7. The van der Waals surface area contributed by atoms with Crippen molar-refractivity contribution in [1.82, 2.24) is 14.5 Å². The Bertz CT molecular complexity index is 1460. The van der Waals surface area contributed by atoms with Crippen LogP contribution in [0.1, 0.15) is 46.8 Å². The van der Waals surface area contributed by atoms with Gasteiger partial charge >= 0.3 is 0 Å². The average molecular weight is 564 g/mol. The fourth-order valence-corrected chi connectivity index (χ4v) is 11.7. The Balaban J connectivity index is 1.45. The predicted octanol–water partition coefficient (Wildman–Crippen LogP) is 4.20. The summed E-state index contributed by atoms with van der Waals surface area (Å²) in [5, 5.41) is 26.7. The van der Waals surface area contributed by atoms with E-state index >= 15 is 0 Å². The molecule has 5 atom stereocenters. The summed E-state index contributed by atoms with van der Waals surface area (Å²) in [6.45, 7) is 8.56. The molecule has 1 aliphatic carbocycles. The lowest BCUT2D eigenvalue weighted by atomic mass is 9.84. The van der Waals surface area contributed by atoms with Crippen molar-refractivity contribution in [2.45, 2.75) is 75.2 Å². The molecule has 2 aromatic carbocycles. The van der Waals surface area contributed by atoms with Crippen molar-refractivity contribution in [1.29, 1.82) is 0 Å². The van der Waals surface area contributed by atoms with Gasteiger partial charge in [-0.25, -0.2) is 9.97 Å². The van der Waals surface area contributed by atoms with Gasteiger partial charge in [0.15, 0.2) is 6.23 Å². The average Bonchev–Trinajstić information content (AvgIpc) is 3.52. The maximum Gasteiger partial charge on any atom is 0.261 e. The summed E-state index contributed by atoms with van der Waals surface area (Å²) < 4.78 is 15.8. The molecule has 0 amide bonds. The van der Waals surface area contributed by atoms with E-state index in [9.17, 15) is 10.2 Å². The molecule has 1 saturated carbocycles. The van der Waals surface area contributed by atoms with Crippen molar-refractivity contribution >= 4 is 41.3 Å². The first-order valence-electron chi connectivity index (χ1n) is 13.4. The van der Waals surface area contributed by atoms with E-state index in [1.807, 2.05) is 19.1 Å². The summed E-state index contributed by atoms with van der Waals surface area (Å²) in [6, 6.07) is 22.6. The van der Waals surface area contributed by atoms with Gasteiger partial charge in [0.05, 0.1) is 11.5 Å². The molecule has 2 N–H and O–H groups in total. The molecule has 6 rings (SSSR count). The van der Waals surface area contributed by atoms with Crippen LogP contribution >= 0.6 is 11.6 Å². The van der Waals surface area contributed by atoms with Crippen molar-refractivity contribution in [2.75, 3.05) is 0 Å². The molecule has 0 spiro atoms. The second kappa shape index (κ2) is 9.23. The van der Waals surface area contributed by atoms with Crippen LogP contribution in [0.25, 0.3) is 11.0 Å². The molecule has 39 heavy (non-hydrogen) atoms. The molecule has 0 bridgehead atoms. The monoisotopic (exact) mass is 563 g/mol. The van der Waals surface area contributed by atoms with Crippen LogP contribution < -0.4 is 10.4 Å². The normalized spacial score (nSPS) is 29.2. The summed E-state index contributed by atoms with van der Waals surface area (Å²) in [4.78, 5) is 8.44. The van der Waals surface area contributed by atoms with Crippen molar-refractivity contribution < 1.29 is 19.4 Å². The lowest BCUT2D eigenvalue weighted by Crippen LogP contribution is -2.69. The Morgan fingerprint density at radius 1 is 1.03 bits per heavy atom. The zero-order chi connectivity index (χ0) is 27.6. The number of aliphatic hydroxyl groups is 2. The predicted molar refractivity (Wildman–Crippen MR) is 154 cm³/mol. The highest BCUT2D eigenvalue weighted by Gasteiger charge is 2.71. The van der Waals surface area contributed by atoms with Gasteiger partial charge in [0.1, 0.15) is 34.4 Å². The minimum absolute atomic E-state index is 0.242. The summed E-state index contributed by atoms with van der Waals surface area (Å²) in [7, 11) is -2.93. The summed E-state index contributed by atoms with van der Waals surface area (Å²) in [6.07, 6.45) is 1.53. The molecule has 3 heterocycles. The fourth-order valence-electron chi connectivity index (χ4n) is 6.75. The standard InChI is InChI=1S/C30H34ClN3O4Si/c1-28(2,3)39(20-11-7-5-8-12-20,21-13-9-6-10-14-21)38-23-15-17-30(36)24(35)27(37-29(23,30)4)34-18-16-22-25(31)32-19-33-26(22)34/h5-14,16,18-19,23-24,27,35-36H,15,17H2,1-4H3/t23-,24-,27+,29+,30-/m0/s1. The molecular weight excluding hydrogens is 530 g/mol. The second-order valence-corrected chi connectivity index (χ2v) is 16.5. The van der Waals surface area contributed by atoms with Crippen LogP contribution in [0.5, 0.6) is 0 Å². The Morgan fingerprint density at radius 3 is 2.23 bits per heavy atom. The molecule has 0 unspecified atom stereocenters. The van der Waals surface area contributed by atoms with Crippen molar-refractivity contribution in [3.05, 3.63) is 84.4 Å². The maximum absolute atomic E-state index is 12.1. The van der Waals surface area contributed by atoms with Gasteiger partial charge in [-0.15, -0.1) is 0 Å². The minimum Gasteiger partial charge on any atom is -0.401 e. The van der Waals surface area contributed by atoms with Crippen LogP contribution in [0, 0.1) is 0 Å². The lowest BCUT2D eigenvalue weighted by molar-refractivity contribution is -0.154. The van der Waals surface area contributed by atoms with Crippen LogP contribution in [-0.2, 0) is 9.16 Å². The zero-order valence-corrected chi connectivity index (χ0v) is 24.3. The van der Waals surface area contributed by atoms with Gasteiger partial charge in [0.25, 0.3) is 8.32 Å². The van der Waals surface area contributed by atoms with Crippen LogP contribution in [0.4, 0.5) is 0 Å². The van der Waals surface area contributed by atoms with Crippen LogP contribution in [0.15, 0.2) is 79.3 Å². The van der Waals surface area contributed by atoms with Gasteiger partial charge in [0, 0.05) is 6.20 Å². The number of aromatic nitrogens is 3. The number of halogens is 1. The number of fused-ring (bicyclic) bond motifs is 2. The Labute approximate surface area is 234 Å². The van der Waals surface area contributed by atoms with Gasteiger partial charge in [-0.3, -0.25) is 0 Å². The van der Waals surface area contributed by atoms with E-state index in [0.717, 1.165) is 10.4 Å². The third kappa shape index (κ3) is 3.77. The van der Waals surface area contributed by atoms with E-state index in [0.29, 0.717) is 29.0 Å².